The lowest BCUT2D eigenvalue weighted by Gasteiger charge is -2.08. The minimum absolute atomic E-state index is 0.601. The van der Waals surface area contributed by atoms with E-state index >= 15 is 0 Å². The third-order valence-electron chi connectivity index (χ3n) is 2.20. The van der Waals surface area contributed by atoms with Crippen LogP contribution in [0.25, 0.3) is 0 Å². The molecule has 3 nitrogen and oxygen atoms in total. The van der Waals surface area contributed by atoms with Gasteiger partial charge in [0.15, 0.2) is 0 Å². The van der Waals surface area contributed by atoms with E-state index in [-0.39, 0.29) is 0 Å². The Labute approximate surface area is 101 Å². The second kappa shape index (κ2) is 6.97. The standard InChI is InChI=1S/C12H15ClN2O/c1-16-12-6-5-10(9-11(12)13)15-8-4-2-3-7-14/h5-6,9,15H,2-4,8H2,1H3. The molecule has 1 rings (SSSR count). The summed E-state index contributed by atoms with van der Waals surface area (Å²) in [5.74, 6) is 0.677. The zero-order chi connectivity index (χ0) is 11.8. The Kier molecular flexibility index (Phi) is 5.52. The van der Waals surface area contributed by atoms with Crippen molar-refractivity contribution >= 4 is 17.3 Å². The third-order valence-corrected chi connectivity index (χ3v) is 2.49. The van der Waals surface area contributed by atoms with Gasteiger partial charge in [-0.05, 0) is 31.0 Å². The molecule has 0 amide bonds. The third kappa shape index (κ3) is 4.00. The van der Waals surface area contributed by atoms with E-state index < -0.39 is 0 Å². The van der Waals surface area contributed by atoms with Gasteiger partial charge in [0.05, 0.1) is 18.2 Å². The molecule has 0 unspecified atom stereocenters. The van der Waals surface area contributed by atoms with Crippen molar-refractivity contribution in [1.29, 1.82) is 5.26 Å². The number of nitrogens with one attached hydrogen (secondary N) is 1. The molecule has 86 valence electrons. The highest BCUT2D eigenvalue weighted by molar-refractivity contribution is 6.32. The Morgan fingerprint density at radius 3 is 2.88 bits per heavy atom. The molecule has 0 aliphatic rings. The quantitative estimate of drug-likeness (QED) is 0.772. The van der Waals surface area contributed by atoms with Gasteiger partial charge in [-0.2, -0.15) is 5.26 Å². The molecule has 4 heteroatoms. The van der Waals surface area contributed by atoms with Gasteiger partial charge in [-0.3, -0.25) is 0 Å². The van der Waals surface area contributed by atoms with Gasteiger partial charge in [0.25, 0.3) is 0 Å². The number of nitriles is 1. The van der Waals surface area contributed by atoms with Crippen LogP contribution in [0.3, 0.4) is 0 Å². The summed E-state index contributed by atoms with van der Waals surface area (Å²) in [6.45, 7) is 0.852. The van der Waals surface area contributed by atoms with Crippen LogP contribution >= 0.6 is 11.6 Å². The fraction of sp³-hybridized carbons (Fsp3) is 0.417. The Balaban J connectivity index is 2.38. The largest absolute Gasteiger partial charge is 0.495 e. The second-order valence-electron chi connectivity index (χ2n) is 3.39. The minimum Gasteiger partial charge on any atom is -0.495 e. The van der Waals surface area contributed by atoms with E-state index in [1.54, 1.807) is 7.11 Å². The number of unbranched alkanes of at least 4 members (excludes halogenated alkanes) is 2. The summed E-state index contributed by atoms with van der Waals surface area (Å²) in [6.07, 6.45) is 2.52. The molecular formula is C12H15ClN2O. The van der Waals surface area contributed by atoms with Crippen molar-refractivity contribution < 1.29 is 4.74 Å². The molecule has 0 bridgehead atoms. The molecule has 0 saturated heterocycles. The number of rotatable bonds is 6. The van der Waals surface area contributed by atoms with E-state index in [2.05, 4.69) is 11.4 Å². The first-order chi connectivity index (χ1) is 7.77. The zero-order valence-corrected chi connectivity index (χ0v) is 10.0. The average Bonchev–Trinajstić information content (AvgIpc) is 2.29. The molecule has 0 atom stereocenters. The second-order valence-corrected chi connectivity index (χ2v) is 3.80. The molecule has 1 aromatic rings. The van der Waals surface area contributed by atoms with Gasteiger partial charge >= 0.3 is 0 Å². The van der Waals surface area contributed by atoms with E-state index in [4.69, 9.17) is 21.6 Å². The number of benzene rings is 1. The predicted molar refractivity (Wildman–Crippen MR) is 66.0 cm³/mol. The molecule has 0 aliphatic carbocycles. The van der Waals surface area contributed by atoms with E-state index in [0.717, 1.165) is 25.1 Å². The molecule has 0 saturated carbocycles. The van der Waals surface area contributed by atoms with Crippen molar-refractivity contribution in [2.24, 2.45) is 0 Å². The normalized spacial score (nSPS) is 9.56. The van der Waals surface area contributed by atoms with E-state index in [0.29, 0.717) is 17.2 Å². The molecule has 1 aromatic carbocycles. The van der Waals surface area contributed by atoms with E-state index in [9.17, 15) is 0 Å². The van der Waals surface area contributed by atoms with Crippen LogP contribution in [-0.2, 0) is 0 Å². The summed E-state index contributed by atoms with van der Waals surface area (Å²) in [7, 11) is 1.59. The van der Waals surface area contributed by atoms with Crippen molar-refractivity contribution in [3.63, 3.8) is 0 Å². The highest BCUT2D eigenvalue weighted by Gasteiger charge is 2.00. The first-order valence-corrected chi connectivity index (χ1v) is 5.60. The zero-order valence-electron chi connectivity index (χ0n) is 9.29. The van der Waals surface area contributed by atoms with Gasteiger partial charge in [0.2, 0.25) is 0 Å². The Morgan fingerprint density at radius 2 is 2.25 bits per heavy atom. The number of ether oxygens (including phenoxy) is 1. The molecule has 0 spiro atoms. The summed E-state index contributed by atoms with van der Waals surface area (Å²) in [5, 5.41) is 12.2. The predicted octanol–water partition coefficient (Wildman–Crippen LogP) is 3.45. The fourth-order valence-corrected chi connectivity index (χ4v) is 1.60. The minimum atomic E-state index is 0.601. The molecule has 1 N–H and O–H groups in total. The van der Waals surface area contributed by atoms with Crippen molar-refractivity contribution in [1.82, 2.24) is 0 Å². The molecule has 0 radical (unpaired) electrons. The lowest BCUT2D eigenvalue weighted by molar-refractivity contribution is 0.415. The van der Waals surface area contributed by atoms with Gasteiger partial charge in [0.1, 0.15) is 5.75 Å². The van der Waals surface area contributed by atoms with Gasteiger partial charge < -0.3 is 10.1 Å². The first kappa shape index (κ1) is 12.7. The first-order valence-electron chi connectivity index (χ1n) is 5.22. The molecule has 0 aromatic heterocycles. The Hall–Kier alpha value is -1.40. The summed E-state index contributed by atoms with van der Waals surface area (Å²) >= 11 is 5.98. The van der Waals surface area contributed by atoms with Gasteiger partial charge in [-0.1, -0.05) is 11.6 Å². The maximum Gasteiger partial charge on any atom is 0.137 e. The van der Waals surface area contributed by atoms with Crippen LogP contribution in [-0.4, -0.2) is 13.7 Å². The summed E-state index contributed by atoms with van der Waals surface area (Å²) in [4.78, 5) is 0. The Bertz CT molecular complexity index is 374. The number of hydrogen-bond donors (Lipinski definition) is 1. The van der Waals surface area contributed by atoms with Crippen LogP contribution in [0.5, 0.6) is 5.75 Å². The highest BCUT2D eigenvalue weighted by atomic mass is 35.5. The van der Waals surface area contributed by atoms with Crippen LogP contribution < -0.4 is 10.1 Å². The average molecular weight is 239 g/mol. The highest BCUT2D eigenvalue weighted by Crippen LogP contribution is 2.27. The maximum atomic E-state index is 8.37. The smallest absolute Gasteiger partial charge is 0.137 e. The van der Waals surface area contributed by atoms with Crippen LogP contribution in [0.1, 0.15) is 19.3 Å². The van der Waals surface area contributed by atoms with Gasteiger partial charge in [0, 0.05) is 18.7 Å². The van der Waals surface area contributed by atoms with Crippen LogP contribution in [0, 0.1) is 11.3 Å². The van der Waals surface area contributed by atoms with Crippen LogP contribution in [0.2, 0.25) is 5.02 Å². The van der Waals surface area contributed by atoms with E-state index in [1.807, 2.05) is 18.2 Å². The van der Waals surface area contributed by atoms with Crippen molar-refractivity contribution in [2.75, 3.05) is 19.0 Å². The molecular weight excluding hydrogens is 224 g/mol. The number of hydrogen-bond acceptors (Lipinski definition) is 3. The van der Waals surface area contributed by atoms with Gasteiger partial charge in [-0.15, -0.1) is 0 Å². The Morgan fingerprint density at radius 1 is 1.44 bits per heavy atom. The number of halogens is 1. The molecule has 0 aliphatic heterocycles. The topological polar surface area (TPSA) is 45.0 Å². The van der Waals surface area contributed by atoms with Gasteiger partial charge in [-0.25, -0.2) is 0 Å². The summed E-state index contributed by atoms with van der Waals surface area (Å²) < 4.78 is 5.06. The SMILES string of the molecule is COc1ccc(NCCCCC#N)cc1Cl. The number of nitrogens with zero attached hydrogens (tertiary/aromatic N) is 1. The van der Waals surface area contributed by atoms with E-state index in [1.165, 1.54) is 0 Å². The molecule has 16 heavy (non-hydrogen) atoms. The monoisotopic (exact) mass is 238 g/mol. The van der Waals surface area contributed by atoms with Crippen molar-refractivity contribution in [3.05, 3.63) is 23.2 Å². The fourth-order valence-electron chi connectivity index (χ4n) is 1.34. The molecule has 0 heterocycles. The number of methoxy groups -OCH3 is 1. The summed E-state index contributed by atoms with van der Waals surface area (Å²) in [6, 6.07) is 7.72. The van der Waals surface area contributed by atoms with Crippen molar-refractivity contribution in [2.45, 2.75) is 19.3 Å². The van der Waals surface area contributed by atoms with Crippen molar-refractivity contribution in [3.8, 4) is 11.8 Å². The van der Waals surface area contributed by atoms with Crippen LogP contribution in [0.15, 0.2) is 18.2 Å². The molecule has 0 fully saturated rings. The van der Waals surface area contributed by atoms with Crippen LogP contribution in [0.4, 0.5) is 5.69 Å². The maximum absolute atomic E-state index is 8.37. The lowest BCUT2D eigenvalue weighted by atomic mass is 10.2. The lowest BCUT2D eigenvalue weighted by Crippen LogP contribution is -2.01. The number of anilines is 1. The summed E-state index contributed by atoms with van der Waals surface area (Å²) in [5.41, 5.74) is 0.975.